The lowest BCUT2D eigenvalue weighted by Gasteiger charge is -2.03. The van der Waals surface area contributed by atoms with E-state index in [2.05, 4.69) is 22.7 Å². The van der Waals surface area contributed by atoms with E-state index in [4.69, 9.17) is 4.52 Å². The van der Waals surface area contributed by atoms with Crippen molar-refractivity contribution < 1.29 is 9.32 Å². The van der Waals surface area contributed by atoms with Gasteiger partial charge in [0.15, 0.2) is 11.5 Å². The summed E-state index contributed by atoms with van der Waals surface area (Å²) in [5.74, 6) is 0.383. The first-order chi connectivity index (χ1) is 9.81. The summed E-state index contributed by atoms with van der Waals surface area (Å²) in [7, 11) is 0. The Kier molecular flexibility index (Phi) is 5.32. The zero-order chi connectivity index (χ0) is 14.2. The number of nitrogens with zero attached hydrogens (tertiary/aromatic N) is 1. The molecule has 2 aromatic rings. The number of carbonyl (C=O) groups is 1. The third-order valence-electron chi connectivity index (χ3n) is 2.82. The van der Waals surface area contributed by atoms with Gasteiger partial charge in [0.05, 0.1) is 0 Å². The normalized spacial score (nSPS) is 10.4. The highest BCUT2D eigenvalue weighted by Crippen LogP contribution is 2.19. The minimum absolute atomic E-state index is 0.214. The van der Waals surface area contributed by atoms with Crippen LogP contribution in [-0.2, 0) is 0 Å². The summed E-state index contributed by atoms with van der Waals surface area (Å²) in [6.45, 7) is 4.39. The number of benzene rings is 1. The molecular formula is C15H19N3O2. The third kappa shape index (κ3) is 3.93. The van der Waals surface area contributed by atoms with Gasteiger partial charge in [0, 0.05) is 24.7 Å². The molecule has 0 spiro atoms. The van der Waals surface area contributed by atoms with Gasteiger partial charge in [-0.05, 0) is 13.0 Å². The Hall–Kier alpha value is -2.14. The Balaban J connectivity index is 1.87. The molecule has 0 bridgehead atoms. The molecular weight excluding hydrogens is 254 g/mol. The van der Waals surface area contributed by atoms with Crippen molar-refractivity contribution in [3.05, 3.63) is 42.1 Å². The fourth-order valence-corrected chi connectivity index (χ4v) is 1.78. The zero-order valence-electron chi connectivity index (χ0n) is 11.6. The summed E-state index contributed by atoms with van der Waals surface area (Å²) >= 11 is 0. The largest absolute Gasteiger partial charge is 0.355 e. The molecule has 1 heterocycles. The molecule has 2 N–H and O–H groups in total. The number of nitrogens with one attached hydrogen (secondary N) is 2. The third-order valence-corrected chi connectivity index (χ3v) is 2.82. The predicted octanol–water partition coefficient (Wildman–Crippen LogP) is 2.07. The average Bonchev–Trinajstić information content (AvgIpc) is 2.98. The summed E-state index contributed by atoms with van der Waals surface area (Å²) in [5.41, 5.74) is 1.21. The summed E-state index contributed by atoms with van der Waals surface area (Å²) < 4.78 is 5.19. The van der Waals surface area contributed by atoms with E-state index in [9.17, 15) is 4.79 Å². The van der Waals surface area contributed by atoms with E-state index in [1.807, 2.05) is 30.3 Å². The number of hydrogen-bond acceptors (Lipinski definition) is 4. The second kappa shape index (κ2) is 7.45. The molecule has 0 radical (unpaired) electrons. The average molecular weight is 273 g/mol. The van der Waals surface area contributed by atoms with Crippen LogP contribution in [0.4, 0.5) is 0 Å². The fraction of sp³-hybridized carbons (Fsp3) is 0.333. The molecule has 0 aliphatic carbocycles. The highest BCUT2D eigenvalue weighted by atomic mass is 16.5. The molecule has 5 heteroatoms. The zero-order valence-corrected chi connectivity index (χ0v) is 11.6. The second-order valence-corrected chi connectivity index (χ2v) is 4.45. The van der Waals surface area contributed by atoms with E-state index in [1.165, 1.54) is 0 Å². The van der Waals surface area contributed by atoms with Crippen molar-refractivity contribution in [2.45, 2.75) is 13.3 Å². The van der Waals surface area contributed by atoms with Crippen molar-refractivity contribution in [3.63, 3.8) is 0 Å². The van der Waals surface area contributed by atoms with Crippen molar-refractivity contribution >= 4 is 5.91 Å². The van der Waals surface area contributed by atoms with Crippen LogP contribution in [0.15, 0.2) is 40.9 Å². The van der Waals surface area contributed by atoms with Crippen molar-refractivity contribution in [2.75, 3.05) is 19.6 Å². The van der Waals surface area contributed by atoms with E-state index >= 15 is 0 Å². The molecule has 0 unspecified atom stereocenters. The molecule has 0 atom stereocenters. The van der Waals surface area contributed by atoms with Gasteiger partial charge >= 0.3 is 0 Å². The van der Waals surface area contributed by atoms with Crippen LogP contribution in [0.2, 0.25) is 0 Å². The van der Waals surface area contributed by atoms with E-state index < -0.39 is 0 Å². The van der Waals surface area contributed by atoms with Gasteiger partial charge in [0.1, 0.15) is 0 Å². The van der Waals surface area contributed by atoms with Gasteiger partial charge in [-0.2, -0.15) is 0 Å². The first-order valence-electron chi connectivity index (χ1n) is 6.82. The smallest absolute Gasteiger partial charge is 0.273 e. The Morgan fingerprint density at radius 3 is 2.75 bits per heavy atom. The van der Waals surface area contributed by atoms with Crippen LogP contribution in [0.1, 0.15) is 23.8 Å². The molecule has 0 saturated carbocycles. The lowest BCUT2D eigenvalue weighted by Crippen LogP contribution is -2.32. The van der Waals surface area contributed by atoms with Crippen molar-refractivity contribution in [3.8, 4) is 11.3 Å². The molecule has 0 fully saturated rings. The maximum atomic E-state index is 11.9. The van der Waals surface area contributed by atoms with Crippen LogP contribution in [0.25, 0.3) is 11.3 Å². The van der Waals surface area contributed by atoms with Crippen LogP contribution in [-0.4, -0.2) is 30.7 Å². The minimum atomic E-state index is -0.214. The van der Waals surface area contributed by atoms with E-state index in [0.717, 1.165) is 25.1 Å². The fourth-order valence-electron chi connectivity index (χ4n) is 1.78. The molecule has 20 heavy (non-hydrogen) atoms. The monoisotopic (exact) mass is 273 g/mol. The summed E-state index contributed by atoms with van der Waals surface area (Å²) in [6.07, 6.45) is 1.08. The van der Waals surface area contributed by atoms with Gasteiger partial charge in [-0.3, -0.25) is 4.79 Å². The van der Waals surface area contributed by atoms with Gasteiger partial charge in [-0.1, -0.05) is 42.4 Å². The Bertz CT molecular complexity index is 537. The standard InChI is InChI=1S/C15H19N3O2/c1-2-8-16-9-10-17-15(19)13-11-14(20-18-13)12-6-4-3-5-7-12/h3-7,11,16H,2,8-10H2,1H3,(H,17,19). The molecule has 0 aliphatic rings. The number of aromatic nitrogens is 1. The van der Waals surface area contributed by atoms with Gasteiger partial charge in [0.25, 0.3) is 5.91 Å². The van der Waals surface area contributed by atoms with Gasteiger partial charge < -0.3 is 15.2 Å². The van der Waals surface area contributed by atoms with Crippen LogP contribution < -0.4 is 10.6 Å². The van der Waals surface area contributed by atoms with Crippen molar-refractivity contribution in [1.29, 1.82) is 0 Å². The van der Waals surface area contributed by atoms with E-state index in [1.54, 1.807) is 6.07 Å². The van der Waals surface area contributed by atoms with E-state index in [-0.39, 0.29) is 5.91 Å². The van der Waals surface area contributed by atoms with Crippen LogP contribution in [0, 0.1) is 0 Å². The Labute approximate surface area is 118 Å². The minimum Gasteiger partial charge on any atom is -0.355 e. The first-order valence-corrected chi connectivity index (χ1v) is 6.82. The van der Waals surface area contributed by atoms with Crippen molar-refractivity contribution in [1.82, 2.24) is 15.8 Å². The Morgan fingerprint density at radius 1 is 1.20 bits per heavy atom. The maximum Gasteiger partial charge on any atom is 0.273 e. The van der Waals surface area contributed by atoms with Crippen LogP contribution in [0.5, 0.6) is 0 Å². The van der Waals surface area contributed by atoms with Crippen LogP contribution >= 0.6 is 0 Å². The number of carbonyl (C=O) groups excluding carboxylic acids is 1. The summed E-state index contributed by atoms with van der Waals surface area (Å²) in [4.78, 5) is 11.9. The second-order valence-electron chi connectivity index (χ2n) is 4.45. The van der Waals surface area contributed by atoms with E-state index in [0.29, 0.717) is 18.0 Å². The van der Waals surface area contributed by atoms with Crippen LogP contribution in [0.3, 0.4) is 0 Å². The Morgan fingerprint density at radius 2 is 2.00 bits per heavy atom. The number of amides is 1. The molecule has 2 rings (SSSR count). The molecule has 1 aromatic heterocycles. The number of hydrogen-bond donors (Lipinski definition) is 2. The highest BCUT2D eigenvalue weighted by molar-refractivity contribution is 5.93. The SMILES string of the molecule is CCCNCCNC(=O)c1cc(-c2ccccc2)on1. The summed E-state index contributed by atoms with van der Waals surface area (Å²) in [5, 5.41) is 9.81. The first kappa shape index (κ1) is 14.3. The molecule has 1 aromatic carbocycles. The van der Waals surface area contributed by atoms with Crippen molar-refractivity contribution in [2.24, 2.45) is 0 Å². The number of rotatable bonds is 7. The molecule has 0 aliphatic heterocycles. The molecule has 5 nitrogen and oxygen atoms in total. The lowest BCUT2D eigenvalue weighted by atomic mass is 10.1. The maximum absolute atomic E-state index is 11.9. The molecule has 106 valence electrons. The summed E-state index contributed by atoms with van der Waals surface area (Å²) in [6, 6.07) is 11.2. The van der Waals surface area contributed by atoms with Gasteiger partial charge in [-0.15, -0.1) is 0 Å². The quantitative estimate of drug-likeness (QED) is 0.758. The predicted molar refractivity (Wildman–Crippen MR) is 77.4 cm³/mol. The van der Waals surface area contributed by atoms with Gasteiger partial charge in [0.2, 0.25) is 0 Å². The molecule has 1 amide bonds. The lowest BCUT2D eigenvalue weighted by molar-refractivity contribution is 0.0945. The highest BCUT2D eigenvalue weighted by Gasteiger charge is 2.12. The van der Waals surface area contributed by atoms with Gasteiger partial charge in [-0.25, -0.2) is 0 Å². The topological polar surface area (TPSA) is 67.2 Å². The molecule has 0 saturated heterocycles.